The Hall–Kier alpha value is -3.48. The molecular formula is C20H20N2O5. The first-order valence-corrected chi connectivity index (χ1v) is 8.30. The van der Waals surface area contributed by atoms with Crippen LogP contribution in [0.3, 0.4) is 0 Å². The standard InChI is InChI=1S/C20H20N2O5/c1-12(2)17(18(24)22-20(21)26)27-19(25)15-10-8-14(9-11-15)16(23)13-6-4-3-5-7-13/h3-12,17H,1-2H3,(H3,21,22,24,26)/t17-/m1/s1. The normalized spacial score (nSPS) is 11.5. The maximum absolute atomic E-state index is 12.4. The van der Waals surface area contributed by atoms with Gasteiger partial charge in [-0.3, -0.25) is 14.9 Å². The number of ether oxygens (including phenoxy) is 1. The van der Waals surface area contributed by atoms with Crippen molar-refractivity contribution in [2.45, 2.75) is 20.0 Å². The summed E-state index contributed by atoms with van der Waals surface area (Å²) < 4.78 is 5.20. The van der Waals surface area contributed by atoms with E-state index >= 15 is 0 Å². The van der Waals surface area contributed by atoms with Crippen molar-refractivity contribution in [2.75, 3.05) is 0 Å². The zero-order valence-corrected chi connectivity index (χ0v) is 15.0. The Balaban J connectivity index is 2.11. The van der Waals surface area contributed by atoms with Crippen LogP contribution in [0.2, 0.25) is 0 Å². The first kappa shape index (κ1) is 19.8. The average Bonchev–Trinajstić information content (AvgIpc) is 2.65. The molecule has 0 radical (unpaired) electrons. The topological polar surface area (TPSA) is 116 Å². The molecule has 140 valence electrons. The van der Waals surface area contributed by atoms with E-state index in [1.807, 2.05) is 11.4 Å². The molecule has 0 aliphatic rings. The van der Waals surface area contributed by atoms with Gasteiger partial charge in [0.15, 0.2) is 11.9 Å². The number of amides is 3. The number of primary amides is 1. The summed E-state index contributed by atoms with van der Waals surface area (Å²) in [6.45, 7) is 3.33. The number of urea groups is 1. The average molecular weight is 368 g/mol. The number of rotatable bonds is 6. The lowest BCUT2D eigenvalue weighted by Crippen LogP contribution is -2.45. The minimum Gasteiger partial charge on any atom is -0.448 e. The molecule has 0 bridgehead atoms. The third kappa shape index (κ3) is 5.24. The zero-order valence-electron chi connectivity index (χ0n) is 15.0. The van der Waals surface area contributed by atoms with Crippen molar-refractivity contribution in [1.82, 2.24) is 5.32 Å². The molecule has 1 atom stereocenters. The number of nitrogens with two attached hydrogens (primary N) is 1. The van der Waals surface area contributed by atoms with Gasteiger partial charge in [-0.2, -0.15) is 0 Å². The molecule has 2 rings (SSSR count). The van der Waals surface area contributed by atoms with Crippen LogP contribution in [0.25, 0.3) is 0 Å². The third-order valence-corrected chi connectivity index (χ3v) is 3.76. The van der Waals surface area contributed by atoms with Gasteiger partial charge in [-0.15, -0.1) is 0 Å². The number of carbonyl (C=O) groups is 4. The summed E-state index contributed by atoms with van der Waals surface area (Å²) in [4.78, 5) is 47.4. The molecular weight excluding hydrogens is 348 g/mol. The Kier molecular flexibility index (Phi) is 6.43. The monoisotopic (exact) mass is 368 g/mol. The molecule has 0 spiro atoms. The quantitative estimate of drug-likeness (QED) is 0.599. The molecule has 7 heteroatoms. The largest absolute Gasteiger partial charge is 0.448 e. The van der Waals surface area contributed by atoms with Gasteiger partial charge >= 0.3 is 12.0 Å². The second-order valence-electron chi connectivity index (χ2n) is 6.20. The van der Waals surface area contributed by atoms with Gasteiger partial charge in [0, 0.05) is 11.1 Å². The number of carbonyl (C=O) groups excluding carboxylic acids is 4. The SMILES string of the molecule is CC(C)[C@@H](OC(=O)c1ccc(C(=O)c2ccccc2)cc1)C(=O)NC(N)=O. The molecule has 0 aromatic heterocycles. The van der Waals surface area contributed by atoms with E-state index in [9.17, 15) is 19.2 Å². The summed E-state index contributed by atoms with van der Waals surface area (Å²) in [6.07, 6.45) is -1.17. The number of imide groups is 1. The van der Waals surface area contributed by atoms with E-state index in [0.717, 1.165) is 0 Å². The smallest absolute Gasteiger partial charge is 0.338 e. The number of hydrogen-bond acceptors (Lipinski definition) is 5. The van der Waals surface area contributed by atoms with Gasteiger partial charge in [0.2, 0.25) is 0 Å². The van der Waals surface area contributed by atoms with Gasteiger partial charge < -0.3 is 10.5 Å². The molecule has 27 heavy (non-hydrogen) atoms. The molecule has 3 amide bonds. The van der Waals surface area contributed by atoms with Gasteiger partial charge in [-0.1, -0.05) is 56.3 Å². The zero-order chi connectivity index (χ0) is 20.0. The Labute approximate surface area is 156 Å². The Morgan fingerprint density at radius 1 is 0.852 bits per heavy atom. The van der Waals surface area contributed by atoms with Crippen LogP contribution in [-0.2, 0) is 9.53 Å². The Morgan fingerprint density at radius 2 is 1.37 bits per heavy atom. The van der Waals surface area contributed by atoms with Crippen molar-refractivity contribution in [3.63, 3.8) is 0 Å². The molecule has 2 aromatic carbocycles. The van der Waals surface area contributed by atoms with Gasteiger partial charge in [0.05, 0.1) is 5.56 Å². The van der Waals surface area contributed by atoms with Crippen LogP contribution < -0.4 is 11.1 Å². The first-order chi connectivity index (χ1) is 12.8. The predicted octanol–water partition coefficient (Wildman–Crippen LogP) is 2.29. The number of ketones is 1. The maximum Gasteiger partial charge on any atom is 0.338 e. The maximum atomic E-state index is 12.4. The van der Waals surface area contributed by atoms with E-state index in [-0.39, 0.29) is 17.3 Å². The van der Waals surface area contributed by atoms with Crippen LogP contribution in [0.5, 0.6) is 0 Å². The van der Waals surface area contributed by atoms with E-state index in [2.05, 4.69) is 0 Å². The highest BCUT2D eigenvalue weighted by Gasteiger charge is 2.28. The van der Waals surface area contributed by atoms with E-state index in [1.54, 1.807) is 38.1 Å². The van der Waals surface area contributed by atoms with Gasteiger partial charge in [-0.25, -0.2) is 9.59 Å². The molecule has 0 aliphatic carbocycles. The van der Waals surface area contributed by atoms with Crippen molar-refractivity contribution < 1.29 is 23.9 Å². The van der Waals surface area contributed by atoms with Crippen LogP contribution in [0.15, 0.2) is 54.6 Å². The second-order valence-corrected chi connectivity index (χ2v) is 6.20. The highest BCUT2D eigenvalue weighted by atomic mass is 16.5. The molecule has 0 saturated heterocycles. The van der Waals surface area contributed by atoms with Crippen LogP contribution >= 0.6 is 0 Å². The Bertz CT molecular complexity index is 844. The highest BCUT2D eigenvalue weighted by molar-refractivity contribution is 6.09. The summed E-state index contributed by atoms with van der Waals surface area (Å²) in [6, 6.07) is 13.7. The number of nitrogens with one attached hydrogen (secondary N) is 1. The summed E-state index contributed by atoms with van der Waals surface area (Å²) in [7, 11) is 0. The third-order valence-electron chi connectivity index (χ3n) is 3.76. The second kappa shape index (κ2) is 8.75. The summed E-state index contributed by atoms with van der Waals surface area (Å²) >= 11 is 0. The fraction of sp³-hybridized carbons (Fsp3) is 0.200. The fourth-order valence-electron chi connectivity index (χ4n) is 2.38. The fourth-order valence-corrected chi connectivity index (χ4v) is 2.38. The van der Waals surface area contributed by atoms with Crippen molar-refractivity contribution in [3.05, 3.63) is 71.3 Å². The van der Waals surface area contributed by atoms with Crippen LogP contribution in [0, 0.1) is 5.92 Å². The molecule has 0 aliphatic heterocycles. The number of esters is 1. The minimum absolute atomic E-state index is 0.170. The molecule has 7 nitrogen and oxygen atoms in total. The van der Waals surface area contributed by atoms with E-state index in [4.69, 9.17) is 10.5 Å². The minimum atomic E-state index is -1.17. The molecule has 0 heterocycles. The van der Waals surface area contributed by atoms with Crippen molar-refractivity contribution >= 4 is 23.7 Å². The first-order valence-electron chi connectivity index (χ1n) is 8.30. The van der Waals surface area contributed by atoms with Crippen molar-refractivity contribution in [1.29, 1.82) is 0 Å². The molecule has 0 saturated carbocycles. The van der Waals surface area contributed by atoms with E-state index in [0.29, 0.717) is 11.1 Å². The Morgan fingerprint density at radius 3 is 1.89 bits per heavy atom. The predicted molar refractivity (Wildman–Crippen MR) is 98.1 cm³/mol. The number of hydrogen-bond donors (Lipinski definition) is 2. The summed E-state index contributed by atoms with van der Waals surface area (Å²) in [5.74, 6) is -2.07. The lowest BCUT2D eigenvalue weighted by molar-refractivity contribution is -0.130. The number of benzene rings is 2. The van der Waals surface area contributed by atoms with Gasteiger partial charge in [0.25, 0.3) is 5.91 Å². The van der Waals surface area contributed by atoms with Crippen molar-refractivity contribution in [3.8, 4) is 0 Å². The van der Waals surface area contributed by atoms with E-state index in [1.165, 1.54) is 24.3 Å². The summed E-state index contributed by atoms with van der Waals surface area (Å²) in [5, 5.41) is 1.90. The van der Waals surface area contributed by atoms with Crippen LogP contribution in [0.4, 0.5) is 4.79 Å². The van der Waals surface area contributed by atoms with Crippen molar-refractivity contribution in [2.24, 2.45) is 11.7 Å². The molecule has 0 fully saturated rings. The van der Waals surface area contributed by atoms with Gasteiger partial charge in [-0.05, 0) is 18.1 Å². The van der Waals surface area contributed by atoms with Gasteiger partial charge in [0.1, 0.15) is 0 Å². The molecule has 3 N–H and O–H groups in total. The highest BCUT2D eigenvalue weighted by Crippen LogP contribution is 2.14. The van der Waals surface area contributed by atoms with E-state index < -0.39 is 24.0 Å². The molecule has 2 aromatic rings. The lowest BCUT2D eigenvalue weighted by Gasteiger charge is -2.19. The van der Waals surface area contributed by atoms with Crippen LogP contribution in [0.1, 0.15) is 40.1 Å². The summed E-state index contributed by atoms with van der Waals surface area (Å²) in [5.41, 5.74) is 6.06. The van der Waals surface area contributed by atoms with Crippen LogP contribution in [-0.4, -0.2) is 29.8 Å². The molecule has 0 unspecified atom stereocenters. The lowest BCUT2D eigenvalue weighted by atomic mass is 10.0.